The molecule has 1 aromatic carbocycles. The molecule has 0 unspecified atom stereocenters. The summed E-state index contributed by atoms with van der Waals surface area (Å²) in [6.45, 7) is 3.13. The second-order valence-corrected chi connectivity index (χ2v) is 7.79. The van der Waals surface area contributed by atoms with Crippen molar-refractivity contribution in [2.24, 2.45) is 10.7 Å². The van der Waals surface area contributed by atoms with Crippen LogP contribution in [0.2, 0.25) is 0 Å². The van der Waals surface area contributed by atoms with Crippen molar-refractivity contribution in [2.45, 2.75) is 44.0 Å². The zero-order valence-corrected chi connectivity index (χ0v) is 17.0. The van der Waals surface area contributed by atoms with Gasteiger partial charge >= 0.3 is 12.1 Å². The van der Waals surface area contributed by atoms with E-state index in [2.05, 4.69) is 15.3 Å². The highest BCUT2D eigenvalue weighted by atomic mass is 19.4. The van der Waals surface area contributed by atoms with Gasteiger partial charge in [-0.05, 0) is 51.1 Å². The Morgan fingerprint density at radius 1 is 1.12 bits per heavy atom. The summed E-state index contributed by atoms with van der Waals surface area (Å²) in [5.74, 6) is -5.68. The molecule has 2 aromatic rings. The average molecular weight is 460 g/mol. The SMILES string of the molecule is CC1(C)OC(N)=N[C@](C)(c2cc(NC(=O)c3ccc(C(F)(F)F)cn3)ccc2F)C1(F)F. The summed E-state index contributed by atoms with van der Waals surface area (Å²) in [6.07, 6.45) is -4.15. The number of amides is 1. The molecule has 0 radical (unpaired) electrons. The lowest BCUT2D eigenvalue weighted by molar-refractivity contribution is -0.207. The van der Waals surface area contributed by atoms with E-state index in [4.69, 9.17) is 10.5 Å². The lowest BCUT2D eigenvalue weighted by Gasteiger charge is -2.46. The molecule has 0 spiro atoms. The number of aliphatic imine (C=N–C) groups is 1. The zero-order chi connectivity index (χ0) is 24.1. The quantitative estimate of drug-likeness (QED) is 0.662. The molecule has 1 aliphatic rings. The number of hydrogen-bond donors (Lipinski definition) is 2. The molecule has 1 aromatic heterocycles. The molecule has 3 rings (SSSR count). The number of nitrogens with one attached hydrogen (secondary N) is 1. The van der Waals surface area contributed by atoms with Crippen molar-refractivity contribution in [3.05, 3.63) is 59.2 Å². The molecule has 3 N–H and O–H groups in total. The molecule has 0 bridgehead atoms. The number of nitrogens with two attached hydrogens (primary N) is 1. The van der Waals surface area contributed by atoms with Gasteiger partial charge in [0.05, 0.1) is 5.56 Å². The highest BCUT2D eigenvalue weighted by Crippen LogP contribution is 2.51. The second kappa shape index (κ2) is 7.38. The van der Waals surface area contributed by atoms with Gasteiger partial charge in [0.25, 0.3) is 11.9 Å². The molecule has 0 saturated heterocycles. The maximum Gasteiger partial charge on any atom is 0.417 e. The van der Waals surface area contributed by atoms with Crippen molar-refractivity contribution in [2.75, 3.05) is 5.32 Å². The Hall–Kier alpha value is -3.31. The third-order valence-electron chi connectivity index (χ3n) is 5.13. The zero-order valence-electron chi connectivity index (χ0n) is 17.0. The van der Waals surface area contributed by atoms with Gasteiger partial charge in [-0.1, -0.05) is 0 Å². The van der Waals surface area contributed by atoms with Gasteiger partial charge in [0.2, 0.25) is 0 Å². The van der Waals surface area contributed by atoms with Gasteiger partial charge in [0.1, 0.15) is 11.5 Å². The summed E-state index contributed by atoms with van der Waals surface area (Å²) in [4.78, 5) is 19.5. The monoisotopic (exact) mass is 460 g/mol. The first-order chi connectivity index (χ1) is 14.6. The van der Waals surface area contributed by atoms with E-state index in [1.165, 1.54) is 0 Å². The molecule has 0 fully saturated rings. The van der Waals surface area contributed by atoms with Crippen LogP contribution in [0.1, 0.15) is 42.4 Å². The predicted molar refractivity (Wildman–Crippen MR) is 103 cm³/mol. The fraction of sp³-hybridized carbons (Fsp3) is 0.350. The summed E-state index contributed by atoms with van der Waals surface area (Å²) in [6, 6.07) is 3.85. The minimum atomic E-state index is -4.63. The number of carbonyl (C=O) groups is 1. The lowest BCUT2D eigenvalue weighted by atomic mass is 9.77. The van der Waals surface area contributed by atoms with Crippen molar-refractivity contribution < 1.29 is 35.9 Å². The van der Waals surface area contributed by atoms with Crippen molar-refractivity contribution in [3.63, 3.8) is 0 Å². The fourth-order valence-corrected chi connectivity index (χ4v) is 3.32. The number of hydrogen-bond acceptors (Lipinski definition) is 5. The van der Waals surface area contributed by atoms with Crippen LogP contribution in [0.15, 0.2) is 41.5 Å². The average Bonchev–Trinajstić information content (AvgIpc) is 2.67. The number of halogens is 6. The summed E-state index contributed by atoms with van der Waals surface area (Å²) < 4.78 is 87.9. The van der Waals surface area contributed by atoms with Crippen LogP contribution >= 0.6 is 0 Å². The predicted octanol–water partition coefficient (Wildman–Crippen LogP) is 4.47. The van der Waals surface area contributed by atoms with E-state index in [0.29, 0.717) is 12.3 Å². The maximum absolute atomic E-state index is 15.2. The third-order valence-corrected chi connectivity index (χ3v) is 5.13. The fourth-order valence-electron chi connectivity index (χ4n) is 3.32. The van der Waals surface area contributed by atoms with Crippen LogP contribution in [0.4, 0.5) is 32.0 Å². The Morgan fingerprint density at radius 3 is 2.34 bits per heavy atom. The van der Waals surface area contributed by atoms with Crippen LogP contribution in [-0.2, 0) is 16.5 Å². The highest BCUT2D eigenvalue weighted by Gasteiger charge is 2.66. The van der Waals surface area contributed by atoms with Crippen LogP contribution in [0.3, 0.4) is 0 Å². The van der Waals surface area contributed by atoms with Crippen molar-refractivity contribution >= 4 is 17.6 Å². The van der Waals surface area contributed by atoms with Gasteiger partial charge in [-0.15, -0.1) is 0 Å². The molecular weight excluding hydrogens is 442 g/mol. The number of aromatic nitrogens is 1. The maximum atomic E-state index is 15.2. The van der Waals surface area contributed by atoms with Crippen LogP contribution in [0.5, 0.6) is 0 Å². The van der Waals surface area contributed by atoms with Gasteiger partial charge < -0.3 is 15.8 Å². The number of pyridine rings is 1. The van der Waals surface area contributed by atoms with Gasteiger partial charge in [0.15, 0.2) is 11.1 Å². The number of benzene rings is 1. The standard InChI is InChI=1S/C20H18F6N4O2/c1-17(2)20(25,26)18(3,30-16(27)32-17)12-8-11(5-6-13(12)21)29-15(31)14-7-4-10(9-28-14)19(22,23)24/h4-9H,1-3H3,(H2,27,30)(H,29,31)/t18-/m1/s1. The molecule has 0 saturated carbocycles. The van der Waals surface area contributed by atoms with E-state index in [1.807, 2.05) is 0 Å². The van der Waals surface area contributed by atoms with Crippen molar-refractivity contribution in [1.82, 2.24) is 4.98 Å². The molecule has 1 atom stereocenters. The minimum Gasteiger partial charge on any atom is -0.453 e. The number of ether oxygens (including phenoxy) is 1. The summed E-state index contributed by atoms with van der Waals surface area (Å²) in [5.41, 5.74) is -1.15. The molecule has 12 heteroatoms. The Morgan fingerprint density at radius 2 is 1.78 bits per heavy atom. The summed E-state index contributed by atoms with van der Waals surface area (Å²) in [7, 11) is 0. The number of alkyl halides is 5. The van der Waals surface area contributed by atoms with Gasteiger partial charge in [0, 0.05) is 17.4 Å². The van der Waals surface area contributed by atoms with E-state index in [-0.39, 0.29) is 11.4 Å². The Labute approximate surface area is 178 Å². The van der Waals surface area contributed by atoms with E-state index in [1.54, 1.807) is 0 Å². The Bertz CT molecular complexity index is 1080. The smallest absolute Gasteiger partial charge is 0.417 e. The number of nitrogens with zero attached hydrogens (tertiary/aromatic N) is 2. The van der Waals surface area contributed by atoms with E-state index >= 15 is 8.78 Å². The van der Waals surface area contributed by atoms with Crippen molar-refractivity contribution in [3.8, 4) is 0 Å². The second-order valence-electron chi connectivity index (χ2n) is 7.79. The minimum absolute atomic E-state index is 0.108. The van der Waals surface area contributed by atoms with Gasteiger partial charge in [-0.2, -0.15) is 22.0 Å². The summed E-state index contributed by atoms with van der Waals surface area (Å²) in [5, 5.41) is 2.29. The number of rotatable bonds is 3. The third kappa shape index (κ3) is 3.84. The molecule has 1 aliphatic heterocycles. The Kier molecular flexibility index (Phi) is 5.39. The van der Waals surface area contributed by atoms with Crippen LogP contribution in [0.25, 0.3) is 0 Å². The van der Waals surface area contributed by atoms with Gasteiger partial charge in [-0.25, -0.2) is 9.38 Å². The number of carbonyl (C=O) groups excluding carboxylic acids is 1. The molecule has 172 valence electrons. The first kappa shape index (κ1) is 23.4. The molecule has 6 nitrogen and oxygen atoms in total. The lowest BCUT2D eigenvalue weighted by Crippen LogP contribution is -2.62. The first-order valence-electron chi connectivity index (χ1n) is 9.15. The van der Waals surface area contributed by atoms with Crippen molar-refractivity contribution in [1.29, 1.82) is 0 Å². The molecule has 1 amide bonds. The van der Waals surface area contributed by atoms with E-state index in [0.717, 1.165) is 45.0 Å². The Balaban J connectivity index is 1.96. The number of amidine groups is 1. The largest absolute Gasteiger partial charge is 0.453 e. The van der Waals surface area contributed by atoms with Crippen LogP contribution < -0.4 is 11.1 Å². The normalized spacial score (nSPS) is 22.0. The summed E-state index contributed by atoms with van der Waals surface area (Å²) >= 11 is 0. The number of anilines is 1. The molecule has 32 heavy (non-hydrogen) atoms. The molecule has 2 heterocycles. The van der Waals surface area contributed by atoms with Crippen LogP contribution in [-0.4, -0.2) is 28.4 Å². The van der Waals surface area contributed by atoms with E-state index in [9.17, 15) is 22.4 Å². The highest BCUT2D eigenvalue weighted by molar-refractivity contribution is 6.02. The molecule has 0 aliphatic carbocycles. The molecular formula is C20H18F6N4O2. The van der Waals surface area contributed by atoms with Crippen LogP contribution in [0, 0.1) is 5.82 Å². The van der Waals surface area contributed by atoms with E-state index < -0.39 is 52.1 Å². The van der Waals surface area contributed by atoms with Gasteiger partial charge in [-0.3, -0.25) is 9.78 Å². The first-order valence-corrected chi connectivity index (χ1v) is 9.15. The topological polar surface area (TPSA) is 89.6 Å².